The molecule has 0 atom stereocenters. The van der Waals surface area contributed by atoms with Crippen LogP contribution in [0, 0.1) is 0 Å². The Bertz CT molecular complexity index is 1350. The number of hydrogen-bond donors (Lipinski definition) is 1. The van der Waals surface area contributed by atoms with Crippen LogP contribution in [0.4, 0.5) is 23.0 Å². The summed E-state index contributed by atoms with van der Waals surface area (Å²) in [4.78, 5) is 15.3. The van der Waals surface area contributed by atoms with E-state index in [1.165, 1.54) is 0 Å². The number of para-hydroxylation sites is 1. The molecule has 0 aliphatic carbocycles. The fraction of sp³-hybridized carbons (Fsp3) is 0.120. The van der Waals surface area contributed by atoms with Gasteiger partial charge in [0.2, 0.25) is 11.0 Å². The van der Waals surface area contributed by atoms with Crippen molar-refractivity contribution >= 4 is 29.9 Å². The number of methoxy groups -OCH3 is 1. The van der Waals surface area contributed by atoms with Crippen molar-refractivity contribution in [3.63, 3.8) is 0 Å². The largest absolute Gasteiger partial charge is 0.673 e. The highest BCUT2D eigenvalue weighted by Gasteiger charge is 2.20. The zero-order valence-corrected chi connectivity index (χ0v) is 18.9. The molecule has 0 spiro atoms. The Morgan fingerprint density at radius 3 is 2.17 bits per heavy atom. The van der Waals surface area contributed by atoms with Gasteiger partial charge in [0.1, 0.15) is 17.1 Å². The van der Waals surface area contributed by atoms with Gasteiger partial charge in [-0.1, -0.05) is 12.1 Å². The first-order valence-corrected chi connectivity index (χ1v) is 10.6. The van der Waals surface area contributed by atoms with Gasteiger partial charge in [-0.05, 0) is 55.5 Å². The molecule has 10 heteroatoms. The van der Waals surface area contributed by atoms with Crippen LogP contribution >= 0.6 is 0 Å². The van der Waals surface area contributed by atoms with Crippen molar-refractivity contribution in [2.24, 2.45) is 0 Å². The molecule has 1 aromatic heterocycles. The number of fused-ring (bicyclic) bond motifs is 1. The average molecular weight is 487 g/mol. The van der Waals surface area contributed by atoms with Gasteiger partial charge < -0.3 is 31.2 Å². The zero-order chi connectivity index (χ0) is 25.4. The molecule has 0 radical (unpaired) electrons. The van der Waals surface area contributed by atoms with Gasteiger partial charge in [0.05, 0.1) is 30.7 Å². The van der Waals surface area contributed by atoms with Crippen LogP contribution < -0.4 is 15.1 Å². The lowest BCUT2D eigenvalue weighted by Crippen LogP contribution is -2.70. The molecule has 4 aromatic rings. The van der Waals surface area contributed by atoms with Gasteiger partial charge in [-0.25, -0.2) is 9.79 Å². The van der Waals surface area contributed by atoms with E-state index in [1.54, 1.807) is 26.2 Å². The first-order chi connectivity index (χ1) is 16.7. The molecule has 35 heavy (non-hydrogen) atoms. The Kier molecular flexibility index (Phi) is 8.30. The van der Waals surface area contributed by atoms with Gasteiger partial charge in [-0.15, -0.1) is 0 Å². The van der Waals surface area contributed by atoms with Crippen molar-refractivity contribution < 1.29 is 40.9 Å². The number of esters is 1. The molecule has 0 saturated carbocycles. The summed E-state index contributed by atoms with van der Waals surface area (Å²) in [6.45, 7) is 2.15. The second-order valence-corrected chi connectivity index (χ2v) is 7.17. The lowest BCUT2D eigenvalue weighted by atomic mass is 10.1. The fourth-order valence-corrected chi connectivity index (χ4v) is 3.20. The lowest BCUT2D eigenvalue weighted by Gasteiger charge is -2.04. The van der Waals surface area contributed by atoms with Gasteiger partial charge in [-0.3, -0.25) is 0 Å². The van der Waals surface area contributed by atoms with E-state index in [4.69, 9.17) is 13.9 Å². The third-order valence-electron chi connectivity index (χ3n) is 4.72. The molecule has 0 aliphatic rings. The van der Waals surface area contributed by atoms with Gasteiger partial charge in [0, 0.05) is 17.7 Å². The van der Waals surface area contributed by atoms with Crippen molar-refractivity contribution in [2.75, 3.05) is 13.7 Å². The van der Waals surface area contributed by atoms with Crippen LogP contribution in [-0.2, 0) is 4.74 Å². The molecular weight excluding hydrogens is 465 g/mol. The molecule has 5 nitrogen and oxygen atoms in total. The summed E-state index contributed by atoms with van der Waals surface area (Å²) < 4.78 is 55.4. The normalized spacial score (nSPS) is 11.5. The van der Waals surface area contributed by atoms with Gasteiger partial charge in [-0.2, -0.15) is 0 Å². The van der Waals surface area contributed by atoms with E-state index >= 15 is 0 Å². The Morgan fingerprint density at radius 1 is 0.943 bits per heavy atom. The molecule has 0 amide bonds. The number of carbonyl (C=O) groups excluding carboxylic acids is 1. The number of carbonyl (C=O) groups is 1. The summed E-state index contributed by atoms with van der Waals surface area (Å²) in [7, 11) is -4.36. The van der Waals surface area contributed by atoms with Crippen LogP contribution in [0.25, 0.3) is 22.3 Å². The molecule has 0 aliphatic heterocycles. The lowest BCUT2D eigenvalue weighted by molar-refractivity contribution is -0.400. The highest BCUT2D eigenvalue weighted by Crippen LogP contribution is 2.24. The highest BCUT2D eigenvalue weighted by molar-refractivity contribution is 6.50. The van der Waals surface area contributed by atoms with Crippen LogP contribution in [0.2, 0.25) is 0 Å². The SMILES string of the molecule is CCOC(=O)c1ccc([NH+]=c2cc(-c3ccc(OC)cc3)oc3ccccc23)cc1.F[B-](F)(F)F. The average Bonchev–Trinajstić information content (AvgIpc) is 2.83. The predicted octanol–water partition coefficient (Wildman–Crippen LogP) is 4.90. The summed E-state index contributed by atoms with van der Waals surface area (Å²) in [5, 5.41) is 1.87. The van der Waals surface area contributed by atoms with Crippen molar-refractivity contribution in [1.29, 1.82) is 0 Å². The Hall–Kier alpha value is -4.08. The standard InChI is InChI=1S/C25H21NO4.BF4/c1-3-29-25(27)18-8-12-19(13-9-18)26-22-16-24(17-10-14-20(28-2)15-11-17)30-23-7-5-4-6-21(22)23;2-1(3,4)5/h4-16H,3H2,1-2H3;/q;-1/p+1. The number of rotatable bonds is 5. The van der Waals surface area contributed by atoms with Crippen molar-refractivity contribution in [2.45, 2.75) is 6.92 Å². The fourth-order valence-electron chi connectivity index (χ4n) is 3.20. The first kappa shape index (κ1) is 25.5. The summed E-state index contributed by atoms with van der Waals surface area (Å²) in [5.74, 6) is 1.20. The quantitative estimate of drug-likeness (QED) is 0.247. The minimum absolute atomic E-state index is 0.324. The molecule has 0 bridgehead atoms. The van der Waals surface area contributed by atoms with Crippen molar-refractivity contribution in [3.05, 3.63) is 89.8 Å². The molecule has 0 saturated heterocycles. The second-order valence-electron chi connectivity index (χ2n) is 7.17. The van der Waals surface area contributed by atoms with E-state index < -0.39 is 7.25 Å². The molecular formula is C25H22BF4NO4. The Labute approximate surface area is 198 Å². The molecule has 4 rings (SSSR count). The van der Waals surface area contributed by atoms with E-state index in [0.717, 1.165) is 39.1 Å². The second kappa shape index (κ2) is 11.4. The van der Waals surface area contributed by atoms with E-state index in [1.807, 2.05) is 66.7 Å². The number of benzene rings is 3. The highest BCUT2D eigenvalue weighted by atomic mass is 19.5. The smallest absolute Gasteiger partial charge is 0.497 e. The minimum Gasteiger partial charge on any atom is -0.497 e. The van der Waals surface area contributed by atoms with E-state index in [-0.39, 0.29) is 5.97 Å². The Balaban J connectivity index is 0.000000623. The maximum Gasteiger partial charge on any atom is 0.673 e. The number of ether oxygens (including phenoxy) is 2. The van der Waals surface area contributed by atoms with E-state index in [9.17, 15) is 22.1 Å². The maximum atomic E-state index is 11.9. The van der Waals surface area contributed by atoms with E-state index in [2.05, 4.69) is 4.99 Å². The molecule has 1 N–H and O–H groups in total. The number of hydrogen-bond acceptors (Lipinski definition) is 4. The van der Waals surface area contributed by atoms with Crippen LogP contribution in [0.1, 0.15) is 17.3 Å². The monoisotopic (exact) mass is 487 g/mol. The molecule has 3 aromatic carbocycles. The summed E-state index contributed by atoms with van der Waals surface area (Å²) >= 11 is 0. The van der Waals surface area contributed by atoms with E-state index in [0.29, 0.717) is 12.2 Å². The number of halogens is 4. The van der Waals surface area contributed by atoms with Crippen LogP contribution in [0.3, 0.4) is 0 Å². The molecule has 182 valence electrons. The molecule has 1 heterocycles. The summed E-state index contributed by atoms with van der Waals surface area (Å²) in [6, 6.07) is 24.8. The van der Waals surface area contributed by atoms with Crippen molar-refractivity contribution in [3.8, 4) is 17.1 Å². The third-order valence-corrected chi connectivity index (χ3v) is 4.72. The van der Waals surface area contributed by atoms with Gasteiger partial charge in [0.15, 0.2) is 0 Å². The van der Waals surface area contributed by atoms with Crippen LogP contribution in [0.5, 0.6) is 5.75 Å². The van der Waals surface area contributed by atoms with Crippen molar-refractivity contribution in [1.82, 2.24) is 0 Å². The maximum absolute atomic E-state index is 11.9. The molecule has 0 fully saturated rings. The minimum atomic E-state index is -6.00. The summed E-state index contributed by atoms with van der Waals surface area (Å²) in [5.41, 5.74) is 3.10. The molecule has 0 unspecified atom stereocenters. The van der Waals surface area contributed by atoms with Crippen LogP contribution in [-0.4, -0.2) is 26.9 Å². The van der Waals surface area contributed by atoms with Gasteiger partial charge in [0.25, 0.3) is 0 Å². The zero-order valence-electron chi connectivity index (χ0n) is 18.9. The number of nitrogens with one attached hydrogen (secondary N) is 1. The topological polar surface area (TPSA) is 62.6 Å². The first-order valence-electron chi connectivity index (χ1n) is 10.6. The predicted molar refractivity (Wildman–Crippen MR) is 125 cm³/mol. The van der Waals surface area contributed by atoms with Crippen LogP contribution in [0.15, 0.2) is 83.3 Å². The van der Waals surface area contributed by atoms with Gasteiger partial charge >= 0.3 is 13.2 Å². The Morgan fingerprint density at radius 2 is 1.57 bits per heavy atom. The third kappa shape index (κ3) is 7.46. The summed E-state index contributed by atoms with van der Waals surface area (Å²) in [6.07, 6.45) is 0.